The van der Waals surface area contributed by atoms with Crippen LogP contribution in [0.3, 0.4) is 0 Å². The molecule has 104 valence electrons. The summed E-state index contributed by atoms with van der Waals surface area (Å²) < 4.78 is 11.0. The van der Waals surface area contributed by atoms with Crippen molar-refractivity contribution in [1.29, 1.82) is 0 Å². The number of nitrogen functional groups attached to an aromatic ring is 1. The Morgan fingerprint density at radius 2 is 1.90 bits per heavy atom. The first kappa shape index (κ1) is 12.9. The van der Waals surface area contributed by atoms with Crippen molar-refractivity contribution >= 4 is 5.69 Å². The third-order valence-electron chi connectivity index (χ3n) is 3.77. The molecule has 0 bridgehead atoms. The first-order valence-corrected chi connectivity index (χ1v) is 6.93. The van der Waals surface area contributed by atoms with E-state index in [1.54, 1.807) is 7.11 Å². The Balaban J connectivity index is 1.69. The molecule has 3 rings (SSSR count). The summed E-state index contributed by atoms with van der Waals surface area (Å²) in [6.07, 6.45) is 3.63. The second kappa shape index (κ2) is 5.45. The van der Waals surface area contributed by atoms with Crippen LogP contribution in [0.4, 0.5) is 5.69 Å². The van der Waals surface area contributed by atoms with Crippen molar-refractivity contribution in [2.45, 2.75) is 25.9 Å². The Morgan fingerprint density at radius 3 is 2.70 bits per heavy atom. The fourth-order valence-corrected chi connectivity index (χ4v) is 2.68. The lowest BCUT2D eigenvalue weighted by Gasteiger charge is -2.10. The van der Waals surface area contributed by atoms with E-state index in [2.05, 4.69) is 18.2 Å². The number of nitrogens with two attached hydrogens (primary N) is 1. The SMILES string of the molecule is COc1ccc(COc2ccc3c(c2)CCC3)cc1N. The van der Waals surface area contributed by atoms with E-state index in [9.17, 15) is 0 Å². The highest BCUT2D eigenvalue weighted by Gasteiger charge is 2.11. The first-order valence-electron chi connectivity index (χ1n) is 6.93. The molecule has 0 aromatic heterocycles. The van der Waals surface area contributed by atoms with Gasteiger partial charge >= 0.3 is 0 Å². The molecule has 0 saturated heterocycles. The summed E-state index contributed by atoms with van der Waals surface area (Å²) in [5.41, 5.74) is 10.5. The maximum Gasteiger partial charge on any atom is 0.141 e. The van der Waals surface area contributed by atoms with E-state index in [1.165, 1.54) is 30.4 Å². The van der Waals surface area contributed by atoms with Crippen molar-refractivity contribution in [2.24, 2.45) is 0 Å². The highest BCUT2D eigenvalue weighted by Crippen LogP contribution is 2.27. The lowest BCUT2D eigenvalue weighted by Crippen LogP contribution is -1.99. The van der Waals surface area contributed by atoms with E-state index in [0.717, 1.165) is 11.3 Å². The van der Waals surface area contributed by atoms with Crippen molar-refractivity contribution in [1.82, 2.24) is 0 Å². The highest BCUT2D eigenvalue weighted by atomic mass is 16.5. The van der Waals surface area contributed by atoms with Crippen LogP contribution in [0, 0.1) is 0 Å². The second-order valence-corrected chi connectivity index (χ2v) is 5.15. The van der Waals surface area contributed by atoms with Crippen molar-refractivity contribution in [3.05, 3.63) is 53.1 Å². The summed E-state index contributed by atoms with van der Waals surface area (Å²) in [5, 5.41) is 0. The lowest BCUT2D eigenvalue weighted by molar-refractivity contribution is 0.306. The van der Waals surface area contributed by atoms with E-state index in [4.69, 9.17) is 15.2 Å². The Kier molecular flexibility index (Phi) is 3.50. The molecule has 0 heterocycles. The Labute approximate surface area is 119 Å². The van der Waals surface area contributed by atoms with Gasteiger partial charge in [0.05, 0.1) is 12.8 Å². The normalized spacial score (nSPS) is 13.1. The van der Waals surface area contributed by atoms with Crippen LogP contribution in [-0.2, 0) is 19.4 Å². The van der Waals surface area contributed by atoms with Gasteiger partial charge in [-0.25, -0.2) is 0 Å². The Hall–Kier alpha value is -2.16. The van der Waals surface area contributed by atoms with Gasteiger partial charge < -0.3 is 15.2 Å². The highest BCUT2D eigenvalue weighted by molar-refractivity contribution is 5.54. The number of fused-ring (bicyclic) bond motifs is 1. The molecule has 3 nitrogen and oxygen atoms in total. The molecule has 0 saturated carbocycles. The number of hydrogen-bond acceptors (Lipinski definition) is 3. The van der Waals surface area contributed by atoms with Gasteiger partial charge in [0.2, 0.25) is 0 Å². The standard InChI is InChI=1S/C17H19NO2/c1-19-17-8-5-12(9-16(17)18)11-20-15-7-6-13-3-2-4-14(13)10-15/h5-10H,2-4,11,18H2,1H3. The zero-order valence-electron chi connectivity index (χ0n) is 11.7. The molecule has 0 unspecified atom stereocenters. The first-order chi connectivity index (χ1) is 9.76. The molecule has 0 atom stereocenters. The largest absolute Gasteiger partial charge is 0.495 e. The van der Waals surface area contributed by atoms with Gasteiger partial charge in [0, 0.05) is 0 Å². The van der Waals surface area contributed by atoms with Gasteiger partial charge in [-0.05, 0) is 60.2 Å². The van der Waals surface area contributed by atoms with Crippen LogP contribution >= 0.6 is 0 Å². The molecule has 0 aliphatic heterocycles. The summed E-state index contributed by atoms with van der Waals surface area (Å²) in [5.74, 6) is 1.63. The quantitative estimate of drug-likeness (QED) is 0.866. The number of hydrogen-bond donors (Lipinski definition) is 1. The van der Waals surface area contributed by atoms with Crippen molar-refractivity contribution < 1.29 is 9.47 Å². The molecule has 20 heavy (non-hydrogen) atoms. The van der Waals surface area contributed by atoms with Gasteiger partial charge in [-0.1, -0.05) is 12.1 Å². The monoisotopic (exact) mass is 269 g/mol. The average molecular weight is 269 g/mol. The molecular weight excluding hydrogens is 250 g/mol. The van der Waals surface area contributed by atoms with E-state index >= 15 is 0 Å². The number of aryl methyl sites for hydroxylation is 2. The van der Waals surface area contributed by atoms with Gasteiger partial charge in [0.1, 0.15) is 18.1 Å². The van der Waals surface area contributed by atoms with E-state index in [1.807, 2.05) is 18.2 Å². The predicted molar refractivity (Wildman–Crippen MR) is 80.2 cm³/mol. The number of anilines is 1. The van der Waals surface area contributed by atoms with E-state index in [0.29, 0.717) is 18.0 Å². The molecule has 2 aromatic carbocycles. The molecule has 1 aliphatic rings. The number of rotatable bonds is 4. The number of benzene rings is 2. The lowest BCUT2D eigenvalue weighted by atomic mass is 10.1. The molecule has 2 N–H and O–H groups in total. The Morgan fingerprint density at radius 1 is 1.05 bits per heavy atom. The zero-order valence-corrected chi connectivity index (χ0v) is 11.7. The fraction of sp³-hybridized carbons (Fsp3) is 0.294. The summed E-state index contributed by atoms with van der Waals surface area (Å²) in [6, 6.07) is 12.1. The van der Waals surface area contributed by atoms with Gasteiger partial charge in [-0.2, -0.15) is 0 Å². The van der Waals surface area contributed by atoms with Crippen LogP contribution in [-0.4, -0.2) is 7.11 Å². The second-order valence-electron chi connectivity index (χ2n) is 5.15. The molecule has 1 aliphatic carbocycles. The molecule has 0 radical (unpaired) electrons. The van der Waals surface area contributed by atoms with Crippen LogP contribution in [0.2, 0.25) is 0 Å². The molecule has 0 spiro atoms. The van der Waals surface area contributed by atoms with Crippen LogP contribution in [0.15, 0.2) is 36.4 Å². The summed E-state index contributed by atoms with van der Waals surface area (Å²) in [7, 11) is 1.62. The van der Waals surface area contributed by atoms with Crippen LogP contribution < -0.4 is 15.2 Å². The summed E-state index contributed by atoms with van der Waals surface area (Å²) >= 11 is 0. The predicted octanol–water partition coefficient (Wildman–Crippen LogP) is 3.35. The van der Waals surface area contributed by atoms with Gasteiger partial charge in [-0.15, -0.1) is 0 Å². The molecular formula is C17H19NO2. The maximum absolute atomic E-state index is 5.89. The molecule has 0 fully saturated rings. The minimum Gasteiger partial charge on any atom is -0.495 e. The summed E-state index contributed by atoms with van der Waals surface area (Å²) in [6.45, 7) is 0.521. The van der Waals surface area contributed by atoms with Gasteiger partial charge in [0.25, 0.3) is 0 Å². The third kappa shape index (κ3) is 2.57. The van der Waals surface area contributed by atoms with Crippen LogP contribution in [0.25, 0.3) is 0 Å². The van der Waals surface area contributed by atoms with Crippen LogP contribution in [0.1, 0.15) is 23.1 Å². The minimum atomic E-state index is 0.521. The maximum atomic E-state index is 5.89. The Bertz CT molecular complexity index is 622. The van der Waals surface area contributed by atoms with Crippen molar-refractivity contribution in [2.75, 3.05) is 12.8 Å². The third-order valence-corrected chi connectivity index (χ3v) is 3.77. The summed E-state index contributed by atoms with van der Waals surface area (Å²) in [4.78, 5) is 0. The average Bonchev–Trinajstić information content (AvgIpc) is 2.92. The molecule has 2 aromatic rings. The van der Waals surface area contributed by atoms with Gasteiger partial charge in [-0.3, -0.25) is 0 Å². The minimum absolute atomic E-state index is 0.521. The fourth-order valence-electron chi connectivity index (χ4n) is 2.68. The molecule has 3 heteroatoms. The van der Waals surface area contributed by atoms with E-state index < -0.39 is 0 Å². The smallest absolute Gasteiger partial charge is 0.141 e. The van der Waals surface area contributed by atoms with Gasteiger partial charge in [0.15, 0.2) is 0 Å². The zero-order chi connectivity index (χ0) is 13.9. The van der Waals surface area contributed by atoms with E-state index in [-0.39, 0.29) is 0 Å². The topological polar surface area (TPSA) is 44.5 Å². The van der Waals surface area contributed by atoms with Crippen molar-refractivity contribution in [3.8, 4) is 11.5 Å². The van der Waals surface area contributed by atoms with Crippen LogP contribution in [0.5, 0.6) is 11.5 Å². The van der Waals surface area contributed by atoms with Crippen molar-refractivity contribution in [3.63, 3.8) is 0 Å². The number of ether oxygens (including phenoxy) is 2. The molecule has 0 amide bonds. The number of methoxy groups -OCH3 is 1.